The first-order valence-corrected chi connectivity index (χ1v) is 7.67. The highest BCUT2D eigenvalue weighted by molar-refractivity contribution is 9.10. The molecule has 110 valence electrons. The highest BCUT2D eigenvalue weighted by Crippen LogP contribution is 2.17. The molecule has 6 heteroatoms. The highest BCUT2D eigenvalue weighted by Gasteiger charge is 2.24. The molecule has 1 aliphatic heterocycles. The molecular formula is C15H16BrN3O2. The molecule has 0 atom stereocenters. The highest BCUT2D eigenvalue weighted by atomic mass is 79.9. The maximum Gasteiger partial charge on any atom is 0.289 e. The van der Waals surface area contributed by atoms with Crippen molar-refractivity contribution in [2.45, 2.75) is 6.54 Å². The van der Waals surface area contributed by atoms with E-state index in [1.807, 2.05) is 17.2 Å². The van der Waals surface area contributed by atoms with E-state index in [0.717, 1.165) is 32.7 Å². The van der Waals surface area contributed by atoms with Gasteiger partial charge in [-0.05, 0) is 39.7 Å². The molecule has 5 nitrogen and oxygen atoms in total. The van der Waals surface area contributed by atoms with Gasteiger partial charge in [-0.1, -0.05) is 6.07 Å². The van der Waals surface area contributed by atoms with Gasteiger partial charge in [0.25, 0.3) is 5.91 Å². The summed E-state index contributed by atoms with van der Waals surface area (Å²) in [7, 11) is 0. The number of pyridine rings is 1. The Hall–Kier alpha value is -1.66. The number of aromatic nitrogens is 1. The molecule has 2 aromatic rings. The third-order valence-electron chi connectivity index (χ3n) is 3.57. The first-order valence-electron chi connectivity index (χ1n) is 6.88. The van der Waals surface area contributed by atoms with E-state index in [0.29, 0.717) is 10.4 Å². The van der Waals surface area contributed by atoms with Crippen molar-refractivity contribution in [3.8, 4) is 0 Å². The Balaban J connectivity index is 1.54. The summed E-state index contributed by atoms with van der Waals surface area (Å²) in [5.74, 6) is 0.351. The topological polar surface area (TPSA) is 49.6 Å². The van der Waals surface area contributed by atoms with Crippen molar-refractivity contribution in [1.82, 2.24) is 14.8 Å². The van der Waals surface area contributed by atoms with E-state index in [-0.39, 0.29) is 5.91 Å². The van der Waals surface area contributed by atoms with Gasteiger partial charge >= 0.3 is 0 Å². The second kappa shape index (κ2) is 6.41. The van der Waals surface area contributed by atoms with Crippen molar-refractivity contribution in [2.75, 3.05) is 26.2 Å². The molecule has 1 saturated heterocycles. The zero-order chi connectivity index (χ0) is 14.7. The average molecular weight is 350 g/mol. The number of piperazine rings is 1. The van der Waals surface area contributed by atoms with Crippen LogP contribution in [0.3, 0.4) is 0 Å². The Bertz CT molecular complexity index is 606. The van der Waals surface area contributed by atoms with Crippen LogP contribution in [0.15, 0.2) is 45.7 Å². The van der Waals surface area contributed by atoms with Crippen LogP contribution in [0, 0.1) is 0 Å². The average Bonchev–Trinajstić information content (AvgIpc) is 2.95. The van der Waals surface area contributed by atoms with E-state index in [1.54, 1.807) is 18.3 Å². The third kappa shape index (κ3) is 3.51. The number of carbonyl (C=O) groups excluding carboxylic acids is 1. The lowest BCUT2D eigenvalue weighted by Gasteiger charge is -2.34. The second-order valence-corrected chi connectivity index (χ2v) is 5.81. The van der Waals surface area contributed by atoms with Crippen LogP contribution in [0.25, 0.3) is 0 Å². The van der Waals surface area contributed by atoms with Gasteiger partial charge in [-0.25, -0.2) is 0 Å². The number of hydrogen-bond acceptors (Lipinski definition) is 4. The van der Waals surface area contributed by atoms with E-state index in [1.165, 1.54) is 5.56 Å². The Morgan fingerprint density at radius 1 is 1.24 bits per heavy atom. The summed E-state index contributed by atoms with van der Waals surface area (Å²) in [6.45, 7) is 4.04. The maximum absolute atomic E-state index is 12.3. The standard InChI is InChI=1S/C15H16BrN3O2/c16-14-4-3-13(21-14)15(20)19-8-6-18(7-9-19)11-12-2-1-5-17-10-12/h1-5,10H,6-9,11H2. The molecule has 0 aliphatic carbocycles. The van der Waals surface area contributed by atoms with Crippen LogP contribution in [0.4, 0.5) is 0 Å². The first kappa shape index (κ1) is 14.3. The minimum absolute atomic E-state index is 0.0401. The van der Waals surface area contributed by atoms with Crippen LogP contribution in [0.1, 0.15) is 16.1 Å². The zero-order valence-corrected chi connectivity index (χ0v) is 13.1. The van der Waals surface area contributed by atoms with Crippen molar-refractivity contribution in [1.29, 1.82) is 0 Å². The zero-order valence-electron chi connectivity index (χ0n) is 11.5. The van der Waals surface area contributed by atoms with Crippen LogP contribution in [-0.2, 0) is 6.54 Å². The van der Waals surface area contributed by atoms with Gasteiger partial charge in [0.05, 0.1) is 0 Å². The van der Waals surface area contributed by atoms with Gasteiger partial charge in [-0.3, -0.25) is 14.7 Å². The van der Waals surface area contributed by atoms with Gasteiger partial charge in [-0.15, -0.1) is 0 Å². The summed E-state index contributed by atoms with van der Waals surface area (Å²) in [5.41, 5.74) is 1.20. The number of hydrogen-bond donors (Lipinski definition) is 0. The monoisotopic (exact) mass is 349 g/mol. The van der Waals surface area contributed by atoms with E-state index >= 15 is 0 Å². The smallest absolute Gasteiger partial charge is 0.289 e. The number of nitrogens with zero attached hydrogens (tertiary/aromatic N) is 3. The predicted molar refractivity (Wildman–Crippen MR) is 81.8 cm³/mol. The van der Waals surface area contributed by atoms with Crippen LogP contribution < -0.4 is 0 Å². The van der Waals surface area contributed by atoms with Crippen LogP contribution in [0.5, 0.6) is 0 Å². The lowest BCUT2D eigenvalue weighted by atomic mass is 10.2. The Morgan fingerprint density at radius 2 is 2.05 bits per heavy atom. The fraction of sp³-hybridized carbons (Fsp3) is 0.333. The third-order valence-corrected chi connectivity index (χ3v) is 4.00. The molecule has 2 aromatic heterocycles. The molecule has 1 fully saturated rings. The van der Waals surface area contributed by atoms with Gasteiger partial charge in [0.2, 0.25) is 0 Å². The summed E-state index contributed by atoms with van der Waals surface area (Å²) in [6, 6.07) is 7.47. The normalized spacial score (nSPS) is 16.1. The fourth-order valence-electron chi connectivity index (χ4n) is 2.44. The van der Waals surface area contributed by atoms with Crippen LogP contribution in [0.2, 0.25) is 0 Å². The van der Waals surface area contributed by atoms with Gasteiger partial charge in [0.1, 0.15) is 0 Å². The largest absolute Gasteiger partial charge is 0.444 e. The number of carbonyl (C=O) groups is 1. The van der Waals surface area contributed by atoms with Gasteiger partial charge in [0, 0.05) is 45.1 Å². The molecule has 3 heterocycles. The Morgan fingerprint density at radius 3 is 2.67 bits per heavy atom. The molecule has 21 heavy (non-hydrogen) atoms. The molecular weight excluding hydrogens is 334 g/mol. The fourth-order valence-corrected chi connectivity index (χ4v) is 2.75. The molecule has 0 saturated carbocycles. The summed E-state index contributed by atoms with van der Waals surface area (Å²) >= 11 is 3.22. The molecule has 0 spiro atoms. The molecule has 1 aliphatic rings. The van der Waals surface area contributed by atoms with Crippen molar-refractivity contribution in [2.24, 2.45) is 0 Å². The summed E-state index contributed by atoms with van der Waals surface area (Å²) < 4.78 is 5.91. The molecule has 3 rings (SSSR count). The maximum atomic E-state index is 12.3. The minimum atomic E-state index is -0.0401. The van der Waals surface area contributed by atoms with E-state index in [9.17, 15) is 4.79 Å². The number of rotatable bonds is 3. The minimum Gasteiger partial charge on any atom is -0.444 e. The van der Waals surface area contributed by atoms with Gasteiger partial charge < -0.3 is 9.32 Å². The molecule has 0 N–H and O–H groups in total. The molecule has 0 aromatic carbocycles. The lowest BCUT2D eigenvalue weighted by Crippen LogP contribution is -2.48. The van der Waals surface area contributed by atoms with Crippen molar-refractivity contribution in [3.05, 3.63) is 52.7 Å². The molecule has 0 bridgehead atoms. The second-order valence-electron chi connectivity index (χ2n) is 5.03. The molecule has 0 unspecified atom stereocenters. The SMILES string of the molecule is O=C(c1ccc(Br)o1)N1CCN(Cc2cccnc2)CC1. The number of amides is 1. The Labute approximate surface area is 131 Å². The first-order chi connectivity index (χ1) is 10.2. The molecule has 0 radical (unpaired) electrons. The quantitative estimate of drug-likeness (QED) is 0.853. The predicted octanol–water partition coefficient (Wildman–Crippen LogP) is 2.40. The van der Waals surface area contributed by atoms with Crippen molar-refractivity contribution >= 4 is 21.8 Å². The van der Waals surface area contributed by atoms with Crippen LogP contribution in [-0.4, -0.2) is 46.9 Å². The van der Waals surface area contributed by atoms with E-state index in [2.05, 4.69) is 31.9 Å². The summed E-state index contributed by atoms with van der Waals surface area (Å²) in [4.78, 5) is 20.6. The lowest BCUT2D eigenvalue weighted by molar-refractivity contribution is 0.0596. The Kier molecular flexibility index (Phi) is 4.36. The molecule has 1 amide bonds. The van der Waals surface area contributed by atoms with Gasteiger partial charge in [-0.2, -0.15) is 0 Å². The van der Waals surface area contributed by atoms with Crippen LogP contribution >= 0.6 is 15.9 Å². The van der Waals surface area contributed by atoms with E-state index < -0.39 is 0 Å². The summed E-state index contributed by atoms with van der Waals surface area (Å²) in [6.07, 6.45) is 3.67. The van der Waals surface area contributed by atoms with Crippen molar-refractivity contribution in [3.63, 3.8) is 0 Å². The number of halogens is 1. The summed E-state index contributed by atoms with van der Waals surface area (Å²) in [5, 5.41) is 0. The van der Waals surface area contributed by atoms with E-state index in [4.69, 9.17) is 4.42 Å². The van der Waals surface area contributed by atoms with Crippen molar-refractivity contribution < 1.29 is 9.21 Å². The number of furan rings is 1. The van der Waals surface area contributed by atoms with Gasteiger partial charge in [0.15, 0.2) is 10.4 Å².